The Bertz CT molecular complexity index is 2050. The van der Waals surface area contributed by atoms with Crippen molar-refractivity contribution in [3.63, 3.8) is 0 Å². The van der Waals surface area contributed by atoms with E-state index in [9.17, 15) is 43.4 Å². The fourth-order valence-corrected chi connectivity index (χ4v) is 8.89. The molecule has 0 aliphatic carbocycles. The number of carboxylic acid groups (broad SMARTS) is 2. The minimum absolute atomic E-state index is 0.0245. The van der Waals surface area contributed by atoms with E-state index in [1.807, 2.05) is 55.7 Å². The van der Waals surface area contributed by atoms with E-state index < -0.39 is 79.6 Å². The maximum Gasteiger partial charge on any atom is 0.407 e. The number of benzene rings is 2. The highest BCUT2D eigenvalue weighted by Crippen LogP contribution is 2.41. The summed E-state index contributed by atoms with van der Waals surface area (Å²) in [5.41, 5.74) is 7.58. The van der Waals surface area contributed by atoms with Crippen LogP contribution in [0.25, 0.3) is 11.1 Å². The molecule has 7 N–H and O–H groups in total. The van der Waals surface area contributed by atoms with Crippen LogP contribution < -0.4 is 21.7 Å². The first-order valence-electron chi connectivity index (χ1n) is 20.9. The predicted octanol–water partition coefficient (Wildman–Crippen LogP) is 5.81. The molecule has 352 valence electrons. The number of aliphatic carboxylic acids is 2. The Kier molecular flexibility index (Phi) is 21.3. The van der Waals surface area contributed by atoms with Gasteiger partial charge in [0.2, 0.25) is 17.7 Å². The SMILES string of the molecule is CC(C)(C)C(c1cc(-c2cc(F)ccc2F)cn1Cc1ccccc1)N(CCCN)C(=O)CSCCC(=O)NC(CNC(=O)CSCC(NC(=O)OCC[Si](C)(C)C)C(=O)O)C(=O)O. The van der Waals surface area contributed by atoms with Crippen molar-refractivity contribution in [2.45, 2.75) is 84.0 Å². The molecule has 3 rings (SSSR count). The quantitative estimate of drug-likeness (QED) is 0.0415. The molecular weight excluding hydrogens is 887 g/mol. The summed E-state index contributed by atoms with van der Waals surface area (Å²) >= 11 is 2.10. The van der Waals surface area contributed by atoms with Crippen LogP contribution >= 0.6 is 23.5 Å². The van der Waals surface area contributed by atoms with Crippen molar-refractivity contribution >= 4 is 67.4 Å². The third-order valence-electron chi connectivity index (χ3n) is 9.73. The first-order chi connectivity index (χ1) is 30.1. The highest BCUT2D eigenvalue weighted by atomic mass is 32.2. The second-order valence-corrected chi connectivity index (χ2v) is 25.2. The maximum absolute atomic E-state index is 15.1. The van der Waals surface area contributed by atoms with Gasteiger partial charge in [0.15, 0.2) is 0 Å². The Morgan fingerprint density at radius 1 is 0.906 bits per heavy atom. The zero-order valence-electron chi connectivity index (χ0n) is 37.3. The molecule has 0 spiro atoms. The second-order valence-electron chi connectivity index (χ2n) is 17.5. The Morgan fingerprint density at radius 2 is 1.59 bits per heavy atom. The average Bonchev–Trinajstić information content (AvgIpc) is 3.61. The van der Waals surface area contributed by atoms with E-state index in [-0.39, 0.29) is 47.5 Å². The van der Waals surface area contributed by atoms with Gasteiger partial charge in [-0.05, 0) is 54.3 Å². The van der Waals surface area contributed by atoms with Crippen molar-refractivity contribution in [1.82, 2.24) is 25.4 Å². The van der Waals surface area contributed by atoms with Crippen LogP contribution in [-0.4, -0.2) is 125 Å². The molecule has 20 heteroatoms. The van der Waals surface area contributed by atoms with Crippen LogP contribution in [0, 0.1) is 17.0 Å². The fraction of sp³-hybridized carbons (Fsp3) is 0.500. The molecule has 0 aliphatic rings. The largest absolute Gasteiger partial charge is 0.480 e. The van der Waals surface area contributed by atoms with Gasteiger partial charge >= 0.3 is 18.0 Å². The number of ether oxygens (including phenoxy) is 1. The number of nitrogens with one attached hydrogen (secondary N) is 3. The number of hydrogen-bond donors (Lipinski definition) is 6. The van der Waals surface area contributed by atoms with Gasteiger partial charge in [-0.3, -0.25) is 14.4 Å². The van der Waals surface area contributed by atoms with Crippen molar-refractivity contribution < 1.29 is 52.5 Å². The monoisotopic (exact) mass is 948 g/mol. The molecular formula is C44H62F2N6O9S2Si. The lowest BCUT2D eigenvalue weighted by Gasteiger charge is -2.41. The van der Waals surface area contributed by atoms with Crippen molar-refractivity contribution in [2.24, 2.45) is 11.1 Å². The van der Waals surface area contributed by atoms with Crippen LogP contribution in [0.4, 0.5) is 13.6 Å². The second kappa shape index (κ2) is 25.5. The summed E-state index contributed by atoms with van der Waals surface area (Å²) in [5, 5.41) is 26.3. The van der Waals surface area contributed by atoms with Crippen LogP contribution in [0.1, 0.15) is 50.9 Å². The van der Waals surface area contributed by atoms with Crippen LogP contribution in [-0.2, 0) is 35.3 Å². The Hall–Kier alpha value is -4.92. The number of carboxylic acids is 2. The molecule has 2 aromatic carbocycles. The number of nitrogens with zero attached hydrogens (tertiary/aromatic N) is 2. The Labute approximate surface area is 383 Å². The zero-order valence-corrected chi connectivity index (χ0v) is 39.9. The van der Waals surface area contributed by atoms with Crippen molar-refractivity contribution in [1.29, 1.82) is 0 Å². The third-order valence-corrected chi connectivity index (χ3v) is 13.4. The molecule has 3 atom stereocenters. The Balaban J connectivity index is 1.61. The molecule has 1 heterocycles. The van der Waals surface area contributed by atoms with E-state index in [2.05, 4.69) is 35.6 Å². The summed E-state index contributed by atoms with van der Waals surface area (Å²) in [5.74, 6) is -5.62. The number of amides is 4. The number of carbonyl (C=O) groups excluding carboxylic acids is 4. The minimum Gasteiger partial charge on any atom is -0.480 e. The van der Waals surface area contributed by atoms with E-state index in [4.69, 9.17) is 10.5 Å². The van der Waals surface area contributed by atoms with Crippen LogP contribution in [0.5, 0.6) is 0 Å². The normalized spacial score (nSPS) is 13.0. The van der Waals surface area contributed by atoms with E-state index in [1.165, 1.54) is 11.8 Å². The lowest BCUT2D eigenvalue weighted by atomic mass is 9.83. The number of thioether (sulfide) groups is 2. The van der Waals surface area contributed by atoms with E-state index in [0.29, 0.717) is 43.4 Å². The Morgan fingerprint density at radius 3 is 2.22 bits per heavy atom. The van der Waals surface area contributed by atoms with Crippen molar-refractivity contribution in [2.75, 3.05) is 49.3 Å². The molecule has 0 saturated heterocycles. The van der Waals surface area contributed by atoms with E-state index >= 15 is 4.39 Å². The lowest BCUT2D eigenvalue weighted by molar-refractivity contribution is -0.141. The fourth-order valence-electron chi connectivity index (χ4n) is 6.49. The summed E-state index contributed by atoms with van der Waals surface area (Å²) in [7, 11) is -1.47. The summed E-state index contributed by atoms with van der Waals surface area (Å²) < 4.78 is 36.5. The van der Waals surface area contributed by atoms with Gasteiger partial charge in [-0.2, -0.15) is 11.8 Å². The van der Waals surface area contributed by atoms with Gasteiger partial charge < -0.3 is 46.1 Å². The van der Waals surface area contributed by atoms with Gasteiger partial charge in [0.1, 0.15) is 23.7 Å². The molecule has 4 amide bonds. The molecule has 0 radical (unpaired) electrons. The lowest BCUT2D eigenvalue weighted by Crippen LogP contribution is -2.49. The minimum atomic E-state index is -1.47. The highest BCUT2D eigenvalue weighted by molar-refractivity contribution is 8.00. The topological polar surface area (TPSA) is 222 Å². The smallest absolute Gasteiger partial charge is 0.407 e. The van der Waals surface area contributed by atoms with Crippen LogP contribution in [0.15, 0.2) is 60.8 Å². The number of nitrogens with two attached hydrogens (primary N) is 1. The van der Waals surface area contributed by atoms with Gasteiger partial charge in [0.05, 0.1) is 24.2 Å². The molecule has 15 nitrogen and oxygen atoms in total. The van der Waals surface area contributed by atoms with E-state index in [0.717, 1.165) is 35.5 Å². The molecule has 0 aliphatic heterocycles. The molecule has 64 heavy (non-hydrogen) atoms. The van der Waals surface area contributed by atoms with Gasteiger partial charge in [-0.1, -0.05) is 70.7 Å². The molecule has 0 bridgehead atoms. The number of halogens is 2. The van der Waals surface area contributed by atoms with E-state index in [1.54, 1.807) is 17.2 Å². The molecule has 3 unspecified atom stereocenters. The first-order valence-corrected chi connectivity index (χ1v) is 26.9. The molecule has 0 fully saturated rings. The average molecular weight is 949 g/mol. The first kappa shape index (κ1) is 53.4. The zero-order chi connectivity index (χ0) is 47.6. The van der Waals surface area contributed by atoms with Crippen LogP contribution in [0.3, 0.4) is 0 Å². The van der Waals surface area contributed by atoms with Gasteiger partial charge in [-0.25, -0.2) is 23.2 Å². The van der Waals surface area contributed by atoms with Crippen LogP contribution in [0.2, 0.25) is 25.7 Å². The van der Waals surface area contributed by atoms with Gasteiger partial charge in [0.25, 0.3) is 0 Å². The van der Waals surface area contributed by atoms with Gasteiger partial charge in [0, 0.05) is 68.7 Å². The number of rotatable bonds is 26. The number of aromatic nitrogens is 1. The highest BCUT2D eigenvalue weighted by Gasteiger charge is 2.37. The number of carbonyl (C=O) groups is 6. The van der Waals surface area contributed by atoms with Gasteiger partial charge in [-0.15, -0.1) is 11.8 Å². The van der Waals surface area contributed by atoms with Crippen molar-refractivity contribution in [3.8, 4) is 11.1 Å². The maximum atomic E-state index is 15.1. The summed E-state index contributed by atoms with van der Waals surface area (Å²) in [6.45, 7) is 13.0. The summed E-state index contributed by atoms with van der Waals surface area (Å²) in [6, 6.07) is 12.1. The number of alkyl carbamates (subject to hydrolysis) is 1. The molecule has 0 saturated carbocycles. The summed E-state index contributed by atoms with van der Waals surface area (Å²) in [6.07, 6.45) is 1.24. The molecule has 3 aromatic rings. The number of hydrogen-bond acceptors (Lipinski definition) is 10. The standard InChI is InChI=1S/C44H62F2N6O9S2Si/c1-44(2,3)40(36-21-30(32-22-31(45)13-14-33(32)46)25-51(36)24-29-11-8-7-9-12-29)52(17-10-16-47)39(55)28-62-19-15-37(53)49-34(41(56)57)23-48-38(54)27-63-26-35(42(58)59)50-43(60)61-18-20-64(4,5)6/h7-9,11-14,21-22,25,34-35,40H,10,15-20,23-24,26-28,47H2,1-6H3,(H,48,54)(H,49,53)(H,50,60)(H,56,57)(H,58,59). The van der Waals surface area contributed by atoms with Crippen molar-refractivity contribution in [3.05, 3.63) is 83.7 Å². The third kappa shape index (κ3) is 18.3. The molecule has 1 aromatic heterocycles. The summed E-state index contributed by atoms with van der Waals surface area (Å²) in [4.78, 5) is 76.9. The predicted molar refractivity (Wildman–Crippen MR) is 249 cm³/mol.